The lowest BCUT2D eigenvalue weighted by atomic mass is 9.98. The Hall–Kier alpha value is -4.32. The van der Waals surface area contributed by atoms with E-state index in [2.05, 4.69) is 44.1 Å². The van der Waals surface area contributed by atoms with Gasteiger partial charge in [0.2, 0.25) is 5.91 Å². The van der Waals surface area contributed by atoms with E-state index in [0.29, 0.717) is 38.9 Å². The number of primary amides is 1. The van der Waals surface area contributed by atoms with Gasteiger partial charge in [0.1, 0.15) is 18.3 Å². The average Bonchev–Trinajstić information content (AvgIpc) is 3.21. The Labute approximate surface area is 353 Å². The third-order valence-electron chi connectivity index (χ3n) is 9.96. The number of aliphatic hydroxyl groups is 8. The number of nitrogens with zero attached hydrogens (tertiary/aromatic N) is 3. The van der Waals surface area contributed by atoms with Crippen molar-refractivity contribution >= 4 is 51.8 Å². The summed E-state index contributed by atoms with van der Waals surface area (Å²) in [5.41, 5.74) is 18.9. The number of nitrogens with two attached hydrogens (primary N) is 3. The van der Waals surface area contributed by atoms with Crippen LogP contribution >= 0.6 is 11.6 Å². The van der Waals surface area contributed by atoms with Gasteiger partial charge in [0.25, 0.3) is 5.91 Å². The Morgan fingerprint density at radius 2 is 1.43 bits per heavy atom. The molecule has 0 bridgehead atoms. The molecule has 0 saturated carbocycles. The number of hydrogen-bond donors (Lipinski definition) is 15. The molecular weight excluding hydrogens is 804 g/mol. The van der Waals surface area contributed by atoms with Crippen LogP contribution in [0.15, 0.2) is 36.4 Å². The van der Waals surface area contributed by atoms with Crippen molar-refractivity contribution in [3.05, 3.63) is 58.4 Å². The lowest BCUT2D eigenvalue weighted by molar-refractivity contribution is -0.120. The molecule has 0 fully saturated rings. The SMILES string of the molecule is N=C(NCCCCc1ccc2cc(CC[C@H](NCCCN(CC[C@@H](O)[C@H](O)[C@H](O)CO)C[C@H](O)C[C@H](O)[C@H](O)CO)C(N)=O)ccc2c1)NC(=O)c1nc(Cl)c(N)nc1N. The van der Waals surface area contributed by atoms with Gasteiger partial charge < -0.3 is 73.6 Å². The van der Waals surface area contributed by atoms with E-state index >= 15 is 0 Å². The Morgan fingerprint density at radius 3 is 2.07 bits per heavy atom. The number of anilines is 2. The second-order valence-electron chi connectivity index (χ2n) is 14.8. The highest BCUT2D eigenvalue weighted by atomic mass is 35.5. The van der Waals surface area contributed by atoms with Gasteiger partial charge in [-0.15, -0.1) is 0 Å². The zero-order valence-corrected chi connectivity index (χ0v) is 34.2. The van der Waals surface area contributed by atoms with Crippen molar-refractivity contribution in [2.24, 2.45) is 5.73 Å². The summed E-state index contributed by atoms with van der Waals surface area (Å²) in [7, 11) is 0. The van der Waals surface area contributed by atoms with Crippen LogP contribution in [0.2, 0.25) is 5.15 Å². The highest BCUT2D eigenvalue weighted by Gasteiger charge is 2.26. The summed E-state index contributed by atoms with van der Waals surface area (Å²) in [6, 6.07) is 11.7. The maximum absolute atomic E-state index is 12.4. The minimum Gasteiger partial charge on any atom is -0.394 e. The molecule has 7 atom stereocenters. The predicted molar refractivity (Wildman–Crippen MR) is 226 cm³/mol. The molecule has 334 valence electrons. The molecule has 20 nitrogen and oxygen atoms in total. The first-order valence-corrected chi connectivity index (χ1v) is 20.2. The van der Waals surface area contributed by atoms with Crippen molar-refractivity contribution < 1.29 is 50.4 Å². The zero-order chi connectivity index (χ0) is 44.4. The van der Waals surface area contributed by atoms with Gasteiger partial charge in [0.15, 0.2) is 28.4 Å². The van der Waals surface area contributed by atoms with Crippen LogP contribution in [0.1, 0.15) is 60.1 Å². The van der Waals surface area contributed by atoms with Crippen LogP contribution in [-0.4, -0.2) is 162 Å². The van der Waals surface area contributed by atoms with Crippen molar-refractivity contribution in [2.75, 3.05) is 57.4 Å². The Bertz CT molecular complexity index is 1830. The molecule has 21 heteroatoms. The summed E-state index contributed by atoms with van der Waals surface area (Å²) in [6.45, 7) is -0.0356. The van der Waals surface area contributed by atoms with Crippen molar-refractivity contribution in [1.29, 1.82) is 5.41 Å². The van der Waals surface area contributed by atoms with Crippen molar-refractivity contribution in [2.45, 2.75) is 94.0 Å². The van der Waals surface area contributed by atoms with Crippen LogP contribution in [0.3, 0.4) is 0 Å². The second-order valence-corrected chi connectivity index (χ2v) is 15.1. The molecule has 60 heavy (non-hydrogen) atoms. The molecule has 0 aliphatic rings. The van der Waals surface area contributed by atoms with Gasteiger partial charge in [-0.2, -0.15) is 0 Å². The van der Waals surface area contributed by atoms with E-state index in [1.54, 1.807) is 4.90 Å². The predicted octanol–water partition coefficient (Wildman–Crippen LogP) is -2.28. The molecule has 0 unspecified atom stereocenters. The minimum absolute atomic E-state index is 0.0102. The number of carbonyl (C=O) groups is 2. The number of benzene rings is 2. The maximum atomic E-state index is 12.4. The summed E-state index contributed by atoms with van der Waals surface area (Å²) < 4.78 is 0. The molecule has 0 aliphatic heterocycles. The number of carbonyl (C=O) groups excluding carboxylic acids is 2. The van der Waals surface area contributed by atoms with E-state index in [0.717, 1.165) is 41.2 Å². The summed E-state index contributed by atoms with van der Waals surface area (Å²) in [5, 5.41) is 96.8. The number of nitrogens with one attached hydrogen (secondary N) is 4. The number of fused-ring (bicyclic) bond motifs is 1. The number of hydrogen-bond acceptors (Lipinski definition) is 17. The van der Waals surface area contributed by atoms with Crippen LogP contribution < -0.4 is 33.2 Å². The third kappa shape index (κ3) is 16.6. The number of unbranched alkanes of at least 4 members (excludes halogenated alkanes) is 1. The lowest BCUT2D eigenvalue weighted by Gasteiger charge is -2.29. The number of nitrogen functional groups attached to an aromatic ring is 2. The molecule has 3 rings (SSSR count). The lowest BCUT2D eigenvalue weighted by Crippen LogP contribution is -2.44. The highest BCUT2D eigenvalue weighted by molar-refractivity contribution is 6.31. The van der Waals surface area contributed by atoms with Gasteiger partial charge in [0.05, 0.1) is 37.6 Å². The molecule has 0 saturated heterocycles. The van der Waals surface area contributed by atoms with Gasteiger partial charge in [-0.3, -0.25) is 20.3 Å². The standard InChI is InChI=1S/C39H61ClN10O10/c40-34-36(42)48-35(41)32(47-34)38(60)49-39(44)46-12-2-1-4-22-5-8-25-17-23(6-9-24(25)16-22)7-10-27(37(43)59)45-13-3-14-50(15-11-28(54)33(58)31(57)21-52)19-26(53)18-29(55)30(56)20-51/h5-6,8-9,16-17,26-31,33,45,51-58H,1-4,7,10-15,18-21H2,(H2,43,59)(H4,41,42,48)(H3,44,46,49,60)/t26-,27+,28-,29+,30-,31-,33+/m1/s1. The number of guanidine groups is 1. The first kappa shape index (κ1) is 50.0. The molecule has 0 aliphatic carbocycles. The molecule has 2 amide bonds. The summed E-state index contributed by atoms with van der Waals surface area (Å²) >= 11 is 5.83. The second kappa shape index (κ2) is 25.5. The van der Waals surface area contributed by atoms with Gasteiger partial charge in [-0.25, -0.2) is 9.97 Å². The number of amides is 2. The average molecular weight is 865 g/mol. The molecular formula is C39H61ClN10O10. The van der Waals surface area contributed by atoms with E-state index < -0.39 is 67.7 Å². The topological polar surface area (TPSA) is 363 Å². The zero-order valence-electron chi connectivity index (χ0n) is 33.5. The van der Waals surface area contributed by atoms with E-state index in [1.165, 1.54) is 0 Å². The Morgan fingerprint density at radius 1 is 0.783 bits per heavy atom. The molecule has 2 aromatic carbocycles. The summed E-state index contributed by atoms with van der Waals surface area (Å²) in [4.78, 5) is 34.1. The molecule has 1 heterocycles. The van der Waals surface area contributed by atoms with Crippen LogP contribution in [-0.2, 0) is 17.6 Å². The largest absolute Gasteiger partial charge is 0.394 e. The van der Waals surface area contributed by atoms with E-state index in [1.807, 2.05) is 18.2 Å². The minimum atomic E-state index is -1.58. The normalized spacial score (nSPS) is 15.2. The molecule has 1 aromatic heterocycles. The molecule has 0 spiro atoms. The first-order chi connectivity index (χ1) is 28.5. The molecule has 18 N–H and O–H groups in total. The number of aromatic nitrogens is 2. The van der Waals surface area contributed by atoms with Gasteiger partial charge in [0, 0.05) is 26.1 Å². The van der Waals surface area contributed by atoms with Crippen molar-refractivity contribution in [3.63, 3.8) is 0 Å². The number of aryl methyl sites for hydroxylation is 2. The third-order valence-corrected chi connectivity index (χ3v) is 10.2. The Kier molecular flexibility index (Phi) is 21.2. The van der Waals surface area contributed by atoms with E-state index in [-0.39, 0.29) is 54.4 Å². The van der Waals surface area contributed by atoms with Gasteiger partial charge in [-0.05, 0) is 79.9 Å². The van der Waals surface area contributed by atoms with Crippen LogP contribution in [0.25, 0.3) is 10.8 Å². The summed E-state index contributed by atoms with van der Waals surface area (Å²) in [5.74, 6) is -1.76. The maximum Gasteiger partial charge on any atom is 0.280 e. The first-order valence-electron chi connectivity index (χ1n) is 19.8. The van der Waals surface area contributed by atoms with E-state index in [4.69, 9.17) is 44.4 Å². The number of halogens is 1. The van der Waals surface area contributed by atoms with Crippen LogP contribution in [0, 0.1) is 5.41 Å². The van der Waals surface area contributed by atoms with Gasteiger partial charge in [-0.1, -0.05) is 48.0 Å². The fourth-order valence-corrected chi connectivity index (χ4v) is 6.58. The number of rotatable bonds is 27. The quantitative estimate of drug-likeness (QED) is 0.0218. The van der Waals surface area contributed by atoms with Crippen LogP contribution in [0.5, 0.6) is 0 Å². The molecule has 3 aromatic rings. The fourth-order valence-electron chi connectivity index (χ4n) is 6.46. The summed E-state index contributed by atoms with van der Waals surface area (Å²) in [6.07, 6.45) is -4.72. The number of aliphatic hydroxyl groups excluding tert-OH is 8. The van der Waals surface area contributed by atoms with Crippen LogP contribution in [0.4, 0.5) is 11.6 Å². The molecule has 0 radical (unpaired) electrons. The van der Waals surface area contributed by atoms with Crippen molar-refractivity contribution in [1.82, 2.24) is 30.8 Å². The highest BCUT2D eigenvalue weighted by Crippen LogP contribution is 2.21. The fraction of sp³-hybridized carbons (Fsp3) is 0.564. The van der Waals surface area contributed by atoms with Crippen molar-refractivity contribution in [3.8, 4) is 0 Å². The Balaban J connectivity index is 1.45. The smallest absolute Gasteiger partial charge is 0.280 e. The monoisotopic (exact) mass is 864 g/mol. The van der Waals surface area contributed by atoms with Gasteiger partial charge >= 0.3 is 0 Å². The van der Waals surface area contributed by atoms with E-state index in [9.17, 15) is 40.2 Å².